The number of piperidine rings is 1. The van der Waals surface area contributed by atoms with Crippen LogP contribution in [0.1, 0.15) is 53.4 Å². The van der Waals surface area contributed by atoms with Crippen LogP contribution in [0.25, 0.3) is 0 Å². The van der Waals surface area contributed by atoms with E-state index in [1.165, 1.54) is 0 Å². The van der Waals surface area contributed by atoms with Crippen LogP contribution in [0.15, 0.2) is 0 Å². The Bertz CT molecular complexity index is 278. The van der Waals surface area contributed by atoms with Crippen LogP contribution in [0.2, 0.25) is 0 Å². The quantitative estimate of drug-likeness (QED) is 0.799. The number of nitrogens with zero attached hydrogens (tertiary/aromatic N) is 1. The van der Waals surface area contributed by atoms with Gasteiger partial charge in [0.05, 0.1) is 0 Å². The smallest absolute Gasteiger partial charge is 0.220 e. The molecule has 0 aromatic heterocycles. The van der Waals surface area contributed by atoms with E-state index in [9.17, 15) is 4.79 Å². The van der Waals surface area contributed by atoms with E-state index >= 15 is 0 Å². The molecule has 3 N–H and O–H groups in total. The Morgan fingerprint density at radius 2 is 1.95 bits per heavy atom. The van der Waals surface area contributed by atoms with Gasteiger partial charge in [-0.15, -0.1) is 0 Å². The van der Waals surface area contributed by atoms with Crippen molar-refractivity contribution in [3.05, 3.63) is 0 Å². The van der Waals surface area contributed by atoms with Crippen molar-refractivity contribution in [1.82, 2.24) is 10.2 Å². The summed E-state index contributed by atoms with van der Waals surface area (Å²) in [5.74, 6) is 0.628. The highest BCUT2D eigenvalue weighted by Gasteiger charge is 2.27. The molecule has 19 heavy (non-hydrogen) atoms. The average molecular weight is 269 g/mol. The Hall–Kier alpha value is -0.610. The minimum atomic E-state index is 0.189. The van der Waals surface area contributed by atoms with Crippen LogP contribution in [0.5, 0.6) is 0 Å². The molecule has 0 aromatic rings. The van der Waals surface area contributed by atoms with Crippen molar-refractivity contribution >= 4 is 5.91 Å². The summed E-state index contributed by atoms with van der Waals surface area (Å²) in [5.41, 5.74) is 5.80. The van der Waals surface area contributed by atoms with E-state index in [1.54, 1.807) is 0 Å². The van der Waals surface area contributed by atoms with Crippen molar-refractivity contribution in [3.63, 3.8) is 0 Å². The monoisotopic (exact) mass is 269 g/mol. The van der Waals surface area contributed by atoms with Crippen molar-refractivity contribution in [2.45, 2.75) is 65.0 Å². The first-order chi connectivity index (χ1) is 8.82. The number of rotatable bonds is 5. The standard InChI is InChI=1S/C15H31N3O/c1-12(11-16)5-6-14(19)17-13-7-9-18(10-8-13)15(2,3)4/h12-13H,5-11,16H2,1-4H3,(H,17,19). The van der Waals surface area contributed by atoms with E-state index in [0.29, 0.717) is 24.9 Å². The molecule has 0 spiro atoms. The number of carbonyl (C=O) groups is 1. The molecule has 4 nitrogen and oxygen atoms in total. The van der Waals surface area contributed by atoms with E-state index < -0.39 is 0 Å². The molecule has 0 aromatic carbocycles. The SMILES string of the molecule is CC(CN)CCC(=O)NC1CCN(C(C)(C)C)CC1. The highest BCUT2D eigenvalue weighted by Crippen LogP contribution is 2.20. The summed E-state index contributed by atoms with van der Waals surface area (Å²) in [6.07, 6.45) is 3.63. The summed E-state index contributed by atoms with van der Waals surface area (Å²) in [5, 5.41) is 3.16. The summed E-state index contributed by atoms with van der Waals surface area (Å²) in [7, 11) is 0. The second kappa shape index (κ2) is 7.25. The number of amides is 1. The lowest BCUT2D eigenvalue weighted by atomic mass is 9.97. The summed E-state index contributed by atoms with van der Waals surface area (Å²) in [6, 6.07) is 0.360. The van der Waals surface area contributed by atoms with Gasteiger partial charge in [0.25, 0.3) is 0 Å². The third-order valence-electron chi connectivity index (χ3n) is 4.08. The fourth-order valence-corrected chi connectivity index (χ4v) is 2.49. The predicted molar refractivity (Wildman–Crippen MR) is 79.9 cm³/mol. The van der Waals surface area contributed by atoms with Gasteiger partial charge < -0.3 is 11.1 Å². The predicted octanol–water partition coefficient (Wildman–Crippen LogP) is 1.74. The maximum absolute atomic E-state index is 11.8. The largest absolute Gasteiger partial charge is 0.353 e. The lowest BCUT2D eigenvalue weighted by molar-refractivity contribution is -0.122. The van der Waals surface area contributed by atoms with Crippen LogP contribution in [0, 0.1) is 5.92 Å². The second-order valence-electron chi connectivity index (χ2n) is 6.88. The first kappa shape index (κ1) is 16.4. The number of carbonyl (C=O) groups excluding carboxylic acids is 1. The summed E-state index contributed by atoms with van der Waals surface area (Å²) >= 11 is 0. The van der Waals surface area contributed by atoms with Crippen molar-refractivity contribution in [1.29, 1.82) is 0 Å². The third-order valence-corrected chi connectivity index (χ3v) is 4.08. The maximum Gasteiger partial charge on any atom is 0.220 e. The zero-order valence-electron chi connectivity index (χ0n) is 13.0. The summed E-state index contributed by atoms with van der Waals surface area (Å²) in [4.78, 5) is 14.3. The molecule has 1 amide bonds. The summed E-state index contributed by atoms with van der Waals surface area (Å²) < 4.78 is 0. The fraction of sp³-hybridized carbons (Fsp3) is 0.933. The molecular formula is C15H31N3O. The Balaban J connectivity index is 2.24. The molecule has 0 radical (unpaired) electrons. The van der Waals surface area contributed by atoms with Crippen LogP contribution < -0.4 is 11.1 Å². The first-order valence-electron chi connectivity index (χ1n) is 7.57. The van der Waals surface area contributed by atoms with Gasteiger partial charge in [0, 0.05) is 31.1 Å². The van der Waals surface area contributed by atoms with Crippen molar-refractivity contribution in [2.75, 3.05) is 19.6 Å². The highest BCUT2D eigenvalue weighted by atomic mass is 16.1. The van der Waals surface area contributed by atoms with Gasteiger partial charge in [0.2, 0.25) is 5.91 Å². The molecule has 1 atom stereocenters. The van der Waals surface area contributed by atoms with Crippen LogP contribution in [-0.4, -0.2) is 42.0 Å². The van der Waals surface area contributed by atoms with Crippen molar-refractivity contribution in [3.8, 4) is 0 Å². The van der Waals surface area contributed by atoms with Gasteiger partial charge in [-0.3, -0.25) is 9.69 Å². The van der Waals surface area contributed by atoms with Crippen LogP contribution >= 0.6 is 0 Å². The molecule has 1 saturated heterocycles. The van der Waals surface area contributed by atoms with Crippen LogP contribution in [0.3, 0.4) is 0 Å². The normalized spacial score (nSPS) is 20.3. The molecule has 1 fully saturated rings. The lowest BCUT2D eigenvalue weighted by Crippen LogP contribution is -2.50. The molecular weight excluding hydrogens is 238 g/mol. The zero-order valence-corrected chi connectivity index (χ0v) is 13.0. The third kappa shape index (κ3) is 5.91. The van der Waals surface area contributed by atoms with Gasteiger partial charge >= 0.3 is 0 Å². The molecule has 1 aliphatic heterocycles. The van der Waals surface area contributed by atoms with Gasteiger partial charge in [0.15, 0.2) is 0 Å². The average Bonchev–Trinajstić information content (AvgIpc) is 2.35. The first-order valence-corrected chi connectivity index (χ1v) is 7.57. The Kier molecular flexibility index (Phi) is 6.27. The van der Waals surface area contributed by atoms with Crippen molar-refractivity contribution < 1.29 is 4.79 Å². The van der Waals surface area contributed by atoms with E-state index in [2.05, 4.69) is 37.9 Å². The Morgan fingerprint density at radius 3 is 2.42 bits per heavy atom. The Labute approximate surface area is 118 Å². The molecule has 1 aliphatic rings. The van der Waals surface area contributed by atoms with E-state index in [0.717, 1.165) is 32.4 Å². The van der Waals surface area contributed by atoms with Gasteiger partial charge in [-0.2, -0.15) is 0 Å². The number of nitrogens with one attached hydrogen (secondary N) is 1. The van der Waals surface area contributed by atoms with Gasteiger partial charge in [-0.25, -0.2) is 0 Å². The molecule has 112 valence electrons. The number of hydrogen-bond acceptors (Lipinski definition) is 3. The van der Waals surface area contributed by atoms with Crippen LogP contribution in [0.4, 0.5) is 0 Å². The van der Waals surface area contributed by atoms with E-state index in [4.69, 9.17) is 5.73 Å². The molecule has 4 heteroatoms. The van der Waals surface area contributed by atoms with E-state index in [-0.39, 0.29) is 11.4 Å². The minimum Gasteiger partial charge on any atom is -0.353 e. The molecule has 1 heterocycles. The topological polar surface area (TPSA) is 58.4 Å². The molecule has 0 bridgehead atoms. The number of likely N-dealkylation sites (tertiary alicyclic amines) is 1. The molecule has 0 aliphatic carbocycles. The van der Waals surface area contributed by atoms with Gasteiger partial charge in [0.1, 0.15) is 0 Å². The molecule has 1 rings (SSSR count). The van der Waals surface area contributed by atoms with E-state index in [1.807, 2.05) is 0 Å². The lowest BCUT2D eigenvalue weighted by Gasteiger charge is -2.41. The number of nitrogens with two attached hydrogens (primary N) is 1. The van der Waals surface area contributed by atoms with Gasteiger partial charge in [-0.1, -0.05) is 6.92 Å². The van der Waals surface area contributed by atoms with Crippen LogP contribution in [-0.2, 0) is 4.79 Å². The molecule has 0 saturated carbocycles. The Morgan fingerprint density at radius 1 is 1.37 bits per heavy atom. The summed E-state index contributed by atoms with van der Waals surface area (Å²) in [6.45, 7) is 11.7. The fourth-order valence-electron chi connectivity index (χ4n) is 2.49. The molecule has 1 unspecified atom stereocenters. The minimum absolute atomic E-state index is 0.189. The number of hydrogen-bond donors (Lipinski definition) is 2. The second-order valence-corrected chi connectivity index (χ2v) is 6.88. The maximum atomic E-state index is 11.8. The zero-order chi connectivity index (χ0) is 14.5. The highest BCUT2D eigenvalue weighted by molar-refractivity contribution is 5.76. The van der Waals surface area contributed by atoms with Gasteiger partial charge in [-0.05, 0) is 52.5 Å². The van der Waals surface area contributed by atoms with Crippen molar-refractivity contribution in [2.24, 2.45) is 11.7 Å².